The lowest BCUT2D eigenvalue weighted by Crippen LogP contribution is -2.19. The summed E-state index contributed by atoms with van der Waals surface area (Å²) in [6.45, 7) is 4.13. The number of methoxy groups -OCH3 is 1. The Morgan fingerprint density at radius 1 is 1.50 bits per heavy atom. The van der Waals surface area contributed by atoms with Crippen molar-refractivity contribution in [3.63, 3.8) is 0 Å². The second-order valence-corrected chi connectivity index (χ2v) is 4.43. The van der Waals surface area contributed by atoms with Crippen LogP contribution in [0.3, 0.4) is 0 Å². The first kappa shape index (κ1) is 11.5. The summed E-state index contributed by atoms with van der Waals surface area (Å²) in [5.41, 5.74) is 6.82. The van der Waals surface area contributed by atoms with Crippen molar-refractivity contribution in [2.45, 2.75) is 19.9 Å². The Kier molecular flexibility index (Phi) is 3.89. The maximum Gasteiger partial charge on any atom is 0.143 e. The van der Waals surface area contributed by atoms with E-state index in [1.54, 1.807) is 13.3 Å². The molecule has 0 fully saturated rings. The van der Waals surface area contributed by atoms with Crippen LogP contribution in [0.4, 0.5) is 0 Å². The largest absolute Gasteiger partial charge is 0.495 e. The van der Waals surface area contributed by atoms with Gasteiger partial charge < -0.3 is 10.5 Å². The van der Waals surface area contributed by atoms with Gasteiger partial charge in [-0.15, -0.1) is 0 Å². The summed E-state index contributed by atoms with van der Waals surface area (Å²) >= 11 is 3.34. The molecule has 1 aromatic rings. The summed E-state index contributed by atoms with van der Waals surface area (Å²) in [5.74, 6) is 1.08. The van der Waals surface area contributed by atoms with Crippen LogP contribution in [0.1, 0.15) is 25.6 Å². The number of rotatable bonds is 3. The van der Waals surface area contributed by atoms with E-state index < -0.39 is 0 Å². The van der Waals surface area contributed by atoms with E-state index in [0.717, 1.165) is 15.9 Å². The van der Waals surface area contributed by atoms with Crippen LogP contribution in [0, 0.1) is 5.92 Å². The number of pyridine rings is 1. The van der Waals surface area contributed by atoms with E-state index in [0.29, 0.717) is 5.92 Å². The Bertz CT molecular complexity index is 315. The number of aromatic nitrogens is 1. The average molecular weight is 259 g/mol. The molecule has 14 heavy (non-hydrogen) atoms. The van der Waals surface area contributed by atoms with Crippen molar-refractivity contribution in [3.8, 4) is 5.75 Å². The predicted molar refractivity (Wildman–Crippen MR) is 60.3 cm³/mol. The number of ether oxygens (including phenoxy) is 1. The molecule has 0 aliphatic rings. The van der Waals surface area contributed by atoms with Crippen molar-refractivity contribution in [1.29, 1.82) is 0 Å². The molecule has 1 atom stereocenters. The summed E-state index contributed by atoms with van der Waals surface area (Å²) in [5, 5.41) is 0. The molecular weight excluding hydrogens is 244 g/mol. The molecule has 0 aromatic carbocycles. The standard InChI is InChI=1S/C10H15BrN2O/c1-6(2)9(12)10-8(14-3)4-7(11)5-13-10/h4-6,9H,12H2,1-3H3/t9-/m1/s1. The molecule has 0 amide bonds. The van der Waals surface area contributed by atoms with Gasteiger partial charge >= 0.3 is 0 Å². The Morgan fingerprint density at radius 2 is 2.14 bits per heavy atom. The van der Waals surface area contributed by atoms with Crippen molar-refractivity contribution in [1.82, 2.24) is 4.98 Å². The van der Waals surface area contributed by atoms with E-state index in [4.69, 9.17) is 10.5 Å². The van der Waals surface area contributed by atoms with Crippen LogP contribution in [0.15, 0.2) is 16.7 Å². The van der Waals surface area contributed by atoms with Gasteiger partial charge in [0, 0.05) is 10.7 Å². The highest BCUT2D eigenvalue weighted by atomic mass is 79.9. The van der Waals surface area contributed by atoms with Gasteiger partial charge in [-0.3, -0.25) is 4.98 Å². The summed E-state index contributed by atoms with van der Waals surface area (Å²) in [7, 11) is 1.62. The van der Waals surface area contributed by atoms with Gasteiger partial charge in [0.25, 0.3) is 0 Å². The van der Waals surface area contributed by atoms with Gasteiger partial charge in [-0.1, -0.05) is 13.8 Å². The molecule has 0 radical (unpaired) electrons. The molecule has 1 aromatic heterocycles. The minimum atomic E-state index is -0.0851. The van der Waals surface area contributed by atoms with Crippen molar-refractivity contribution < 1.29 is 4.74 Å². The highest BCUT2D eigenvalue weighted by molar-refractivity contribution is 9.10. The fourth-order valence-corrected chi connectivity index (χ4v) is 1.47. The van der Waals surface area contributed by atoms with Gasteiger partial charge in [0.1, 0.15) is 5.75 Å². The third kappa shape index (κ3) is 2.45. The Hall–Kier alpha value is -0.610. The third-order valence-electron chi connectivity index (χ3n) is 2.10. The SMILES string of the molecule is COc1cc(Br)cnc1[C@H](N)C(C)C. The number of nitrogens with zero attached hydrogens (tertiary/aromatic N) is 1. The third-order valence-corrected chi connectivity index (χ3v) is 2.54. The second-order valence-electron chi connectivity index (χ2n) is 3.51. The zero-order valence-electron chi connectivity index (χ0n) is 8.62. The van der Waals surface area contributed by atoms with Crippen LogP contribution in [-0.4, -0.2) is 12.1 Å². The summed E-state index contributed by atoms with van der Waals surface area (Å²) in [6, 6.07) is 1.79. The quantitative estimate of drug-likeness (QED) is 0.907. The van der Waals surface area contributed by atoms with Crippen LogP contribution in [0.25, 0.3) is 0 Å². The highest BCUT2D eigenvalue weighted by Gasteiger charge is 2.16. The lowest BCUT2D eigenvalue weighted by molar-refractivity contribution is 0.390. The minimum Gasteiger partial charge on any atom is -0.495 e. The van der Waals surface area contributed by atoms with Gasteiger partial charge in [0.2, 0.25) is 0 Å². The first-order valence-electron chi connectivity index (χ1n) is 4.51. The van der Waals surface area contributed by atoms with Crippen molar-refractivity contribution in [3.05, 3.63) is 22.4 Å². The van der Waals surface area contributed by atoms with Crippen LogP contribution in [0.2, 0.25) is 0 Å². The Labute approximate surface area is 92.8 Å². The summed E-state index contributed by atoms with van der Waals surface area (Å²) in [6.07, 6.45) is 1.74. The van der Waals surface area contributed by atoms with Gasteiger partial charge in [0.05, 0.1) is 18.8 Å². The maximum atomic E-state index is 6.01. The van der Waals surface area contributed by atoms with Crippen molar-refractivity contribution >= 4 is 15.9 Å². The number of hydrogen-bond donors (Lipinski definition) is 1. The normalized spacial score (nSPS) is 13.0. The van der Waals surface area contributed by atoms with Crippen molar-refractivity contribution in [2.24, 2.45) is 11.7 Å². The molecule has 0 spiro atoms. The molecular formula is C10H15BrN2O. The molecule has 2 N–H and O–H groups in total. The monoisotopic (exact) mass is 258 g/mol. The molecule has 0 saturated carbocycles. The van der Waals surface area contributed by atoms with E-state index >= 15 is 0 Å². The number of halogens is 1. The van der Waals surface area contributed by atoms with Gasteiger partial charge in [0.15, 0.2) is 0 Å². The lowest BCUT2D eigenvalue weighted by Gasteiger charge is -2.17. The molecule has 0 aliphatic heterocycles. The Balaban J connectivity index is 3.07. The fourth-order valence-electron chi connectivity index (χ4n) is 1.16. The topological polar surface area (TPSA) is 48.1 Å². The maximum absolute atomic E-state index is 6.01. The molecule has 3 nitrogen and oxygen atoms in total. The molecule has 0 aliphatic carbocycles. The molecule has 0 bridgehead atoms. The zero-order chi connectivity index (χ0) is 10.7. The lowest BCUT2D eigenvalue weighted by atomic mass is 10.0. The summed E-state index contributed by atoms with van der Waals surface area (Å²) in [4.78, 5) is 4.27. The molecule has 4 heteroatoms. The summed E-state index contributed by atoms with van der Waals surface area (Å²) < 4.78 is 6.12. The smallest absolute Gasteiger partial charge is 0.143 e. The second kappa shape index (κ2) is 4.75. The van der Waals surface area contributed by atoms with Gasteiger partial charge in [-0.05, 0) is 27.9 Å². The average Bonchev–Trinajstić information content (AvgIpc) is 2.16. The van der Waals surface area contributed by atoms with Crippen LogP contribution in [-0.2, 0) is 0 Å². The van der Waals surface area contributed by atoms with E-state index in [1.807, 2.05) is 6.07 Å². The van der Waals surface area contributed by atoms with E-state index in [1.165, 1.54) is 0 Å². The zero-order valence-corrected chi connectivity index (χ0v) is 10.2. The van der Waals surface area contributed by atoms with Crippen molar-refractivity contribution in [2.75, 3.05) is 7.11 Å². The van der Waals surface area contributed by atoms with Crippen LogP contribution >= 0.6 is 15.9 Å². The fraction of sp³-hybridized carbons (Fsp3) is 0.500. The number of hydrogen-bond acceptors (Lipinski definition) is 3. The molecule has 0 saturated heterocycles. The molecule has 0 unspecified atom stereocenters. The highest BCUT2D eigenvalue weighted by Crippen LogP contribution is 2.28. The van der Waals surface area contributed by atoms with E-state index in [9.17, 15) is 0 Å². The van der Waals surface area contributed by atoms with Crippen LogP contribution in [0.5, 0.6) is 5.75 Å². The van der Waals surface area contributed by atoms with Gasteiger partial charge in [-0.2, -0.15) is 0 Å². The van der Waals surface area contributed by atoms with E-state index in [-0.39, 0.29) is 6.04 Å². The molecule has 1 heterocycles. The first-order chi connectivity index (χ1) is 6.56. The van der Waals surface area contributed by atoms with Crippen LogP contribution < -0.4 is 10.5 Å². The Morgan fingerprint density at radius 3 is 2.64 bits per heavy atom. The predicted octanol–water partition coefficient (Wildman–Crippen LogP) is 2.51. The molecule has 1 rings (SSSR count). The first-order valence-corrected chi connectivity index (χ1v) is 5.30. The number of nitrogens with two attached hydrogens (primary N) is 1. The van der Waals surface area contributed by atoms with E-state index in [2.05, 4.69) is 34.8 Å². The minimum absolute atomic E-state index is 0.0851. The van der Waals surface area contributed by atoms with Gasteiger partial charge in [-0.25, -0.2) is 0 Å². The molecule has 78 valence electrons.